The number of alkyl halides is 6. The molecular weight excluding hydrogens is 288 g/mol. The lowest BCUT2D eigenvalue weighted by Crippen LogP contribution is -2.61. The lowest BCUT2D eigenvalue weighted by Gasteiger charge is -2.41. The first-order valence-electron chi connectivity index (χ1n) is 6.40. The van der Waals surface area contributed by atoms with E-state index in [2.05, 4.69) is 0 Å². The first-order chi connectivity index (χ1) is 9.04. The zero-order chi connectivity index (χ0) is 15.6. The molecule has 9 heteroatoms. The predicted molar refractivity (Wildman–Crippen MR) is 62.2 cm³/mol. The molecule has 0 amide bonds. The monoisotopic (exact) mass is 307 g/mol. The molecule has 120 valence electrons. The maximum atomic E-state index is 13.0. The molecule has 0 aromatic heterocycles. The Morgan fingerprint density at radius 2 is 1.50 bits per heavy atom. The van der Waals surface area contributed by atoms with Gasteiger partial charge >= 0.3 is 12.4 Å². The molecular formula is C11H19F6N3. The third-order valence-corrected chi connectivity index (χ3v) is 3.42. The van der Waals surface area contributed by atoms with E-state index in [4.69, 9.17) is 5.73 Å². The van der Waals surface area contributed by atoms with Gasteiger partial charge in [0.25, 0.3) is 0 Å². The summed E-state index contributed by atoms with van der Waals surface area (Å²) < 4.78 is 75.6. The number of piperazine rings is 1. The zero-order valence-electron chi connectivity index (χ0n) is 11.1. The Labute approximate surface area is 113 Å². The molecule has 0 aromatic carbocycles. The van der Waals surface area contributed by atoms with E-state index in [1.165, 1.54) is 0 Å². The molecule has 1 aliphatic heterocycles. The smallest absolute Gasteiger partial charge is 0.326 e. The summed E-state index contributed by atoms with van der Waals surface area (Å²) in [5, 5.41) is 0. The third kappa shape index (κ3) is 5.10. The molecule has 0 aromatic rings. The van der Waals surface area contributed by atoms with Crippen LogP contribution in [0.5, 0.6) is 0 Å². The van der Waals surface area contributed by atoms with Crippen LogP contribution in [0.4, 0.5) is 26.3 Å². The van der Waals surface area contributed by atoms with Crippen LogP contribution in [0.1, 0.15) is 13.3 Å². The van der Waals surface area contributed by atoms with Crippen molar-refractivity contribution in [2.24, 2.45) is 5.73 Å². The van der Waals surface area contributed by atoms with E-state index in [-0.39, 0.29) is 32.6 Å². The van der Waals surface area contributed by atoms with Crippen LogP contribution in [0, 0.1) is 0 Å². The van der Waals surface area contributed by atoms with Crippen molar-refractivity contribution in [3.8, 4) is 0 Å². The first-order valence-corrected chi connectivity index (χ1v) is 6.40. The summed E-state index contributed by atoms with van der Waals surface area (Å²) in [6.45, 7) is 0.271. The van der Waals surface area contributed by atoms with Crippen LogP contribution in [0.3, 0.4) is 0 Å². The van der Waals surface area contributed by atoms with Crippen LogP contribution >= 0.6 is 0 Å². The van der Waals surface area contributed by atoms with E-state index in [1.54, 1.807) is 6.92 Å². The Bertz CT molecular complexity index is 296. The van der Waals surface area contributed by atoms with Crippen molar-refractivity contribution in [3.63, 3.8) is 0 Å². The second-order valence-electron chi connectivity index (χ2n) is 4.99. The van der Waals surface area contributed by atoms with Gasteiger partial charge in [0.15, 0.2) is 0 Å². The number of hydrogen-bond donors (Lipinski definition) is 1. The van der Waals surface area contributed by atoms with E-state index in [0.29, 0.717) is 0 Å². The van der Waals surface area contributed by atoms with Crippen molar-refractivity contribution in [1.29, 1.82) is 0 Å². The Kier molecular flexibility index (Phi) is 5.68. The molecule has 1 heterocycles. The van der Waals surface area contributed by atoms with Crippen molar-refractivity contribution >= 4 is 0 Å². The number of rotatable bonds is 4. The van der Waals surface area contributed by atoms with Gasteiger partial charge in [-0.1, -0.05) is 6.92 Å². The summed E-state index contributed by atoms with van der Waals surface area (Å²) in [4.78, 5) is 2.25. The number of hydrogen-bond acceptors (Lipinski definition) is 3. The fourth-order valence-electron chi connectivity index (χ4n) is 2.40. The lowest BCUT2D eigenvalue weighted by molar-refractivity contribution is -0.197. The summed E-state index contributed by atoms with van der Waals surface area (Å²) >= 11 is 0. The number of halogens is 6. The van der Waals surface area contributed by atoms with Gasteiger partial charge in [-0.05, 0) is 6.42 Å². The van der Waals surface area contributed by atoms with Gasteiger partial charge in [0.2, 0.25) is 0 Å². The second kappa shape index (κ2) is 6.48. The van der Waals surface area contributed by atoms with Crippen molar-refractivity contribution in [2.75, 3.05) is 32.7 Å². The normalized spacial score (nSPS) is 22.8. The van der Waals surface area contributed by atoms with E-state index in [1.807, 2.05) is 0 Å². The van der Waals surface area contributed by atoms with Crippen LogP contribution in [0.15, 0.2) is 0 Å². The molecule has 2 N–H and O–H groups in total. The molecule has 0 saturated carbocycles. The van der Waals surface area contributed by atoms with Crippen LogP contribution in [0.25, 0.3) is 0 Å². The summed E-state index contributed by atoms with van der Waals surface area (Å²) in [6.07, 6.45) is -8.64. The average Bonchev–Trinajstić information content (AvgIpc) is 2.27. The topological polar surface area (TPSA) is 32.5 Å². The van der Waals surface area contributed by atoms with E-state index in [0.717, 1.165) is 9.80 Å². The Morgan fingerprint density at radius 3 is 1.85 bits per heavy atom. The minimum Gasteiger partial charge on any atom is -0.326 e. The van der Waals surface area contributed by atoms with Gasteiger partial charge in [0.05, 0.1) is 6.54 Å². The molecule has 20 heavy (non-hydrogen) atoms. The highest BCUT2D eigenvalue weighted by Gasteiger charge is 2.47. The second-order valence-corrected chi connectivity index (χ2v) is 4.99. The fraction of sp³-hybridized carbons (Fsp3) is 1.00. The first kappa shape index (κ1) is 17.5. The number of nitrogens with zero attached hydrogens (tertiary/aromatic N) is 2. The summed E-state index contributed by atoms with van der Waals surface area (Å²) in [5.41, 5.74) is 5.52. The standard InChI is InChI=1S/C11H19F6N3/c1-2-8(18)9(11(15,16)17)20-5-3-19(4-6-20)7-10(12,13)14/h8-9H,2-7,18H2,1H3. The van der Waals surface area contributed by atoms with Gasteiger partial charge in [-0.25, -0.2) is 0 Å². The molecule has 0 aliphatic carbocycles. The molecule has 1 fully saturated rings. The van der Waals surface area contributed by atoms with Gasteiger partial charge < -0.3 is 5.73 Å². The molecule has 1 rings (SSSR count). The third-order valence-electron chi connectivity index (χ3n) is 3.42. The zero-order valence-corrected chi connectivity index (χ0v) is 11.1. The van der Waals surface area contributed by atoms with Gasteiger partial charge in [-0.3, -0.25) is 9.80 Å². The molecule has 2 unspecified atom stereocenters. The molecule has 2 atom stereocenters. The SMILES string of the molecule is CCC(N)C(N1CCN(CC(F)(F)F)CC1)C(F)(F)F. The maximum Gasteiger partial charge on any atom is 0.405 e. The molecule has 0 spiro atoms. The highest BCUT2D eigenvalue weighted by molar-refractivity contribution is 4.90. The number of nitrogens with two attached hydrogens (primary N) is 1. The summed E-state index contributed by atoms with van der Waals surface area (Å²) in [5.74, 6) is 0. The Balaban J connectivity index is 2.62. The fourth-order valence-corrected chi connectivity index (χ4v) is 2.40. The van der Waals surface area contributed by atoms with Crippen LogP contribution < -0.4 is 5.73 Å². The van der Waals surface area contributed by atoms with Crippen molar-refractivity contribution in [1.82, 2.24) is 9.80 Å². The highest BCUT2D eigenvalue weighted by atomic mass is 19.4. The van der Waals surface area contributed by atoms with E-state index < -0.39 is 31.0 Å². The van der Waals surface area contributed by atoms with Crippen molar-refractivity contribution in [3.05, 3.63) is 0 Å². The van der Waals surface area contributed by atoms with Crippen LogP contribution in [0.2, 0.25) is 0 Å². The van der Waals surface area contributed by atoms with Crippen molar-refractivity contribution in [2.45, 2.75) is 37.8 Å². The quantitative estimate of drug-likeness (QED) is 0.804. The average molecular weight is 307 g/mol. The minimum absolute atomic E-state index is 0.0392. The Hall–Kier alpha value is -0.540. The van der Waals surface area contributed by atoms with Crippen LogP contribution in [-0.4, -0.2) is 67.0 Å². The molecule has 1 aliphatic rings. The van der Waals surface area contributed by atoms with Gasteiger partial charge in [0.1, 0.15) is 6.04 Å². The van der Waals surface area contributed by atoms with Gasteiger partial charge in [-0.2, -0.15) is 26.3 Å². The van der Waals surface area contributed by atoms with Crippen LogP contribution in [-0.2, 0) is 0 Å². The minimum atomic E-state index is -4.47. The van der Waals surface area contributed by atoms with Crippen molar-refractivity contribution < 1.29 is 26.3 Å². The molecule has 0 bridgehead atoms. The molecule has 0 radical (unpaired) electrons. The highest BCUT2D eigenvalue weighted by Crippen LogP contribution is 2.29. The Morgan fingerprint density at radius 1 is 1.00 bits per heavy atom. The molecule has 3 nitrogen and oxygen atoms in total. The van der Waals surface area contributed by atoms with Gasteiger partial charge in [0, 0.05) is 32.2 Å². The predicted octanol–water partition coefficient (Wildman–Crippen LogP) is 1.83. The van der Waals surface area contributed by atoms with Gasteiger partial charge in [-0.15, -0.1) is 0 Å². The maximum absolute atomic E-state index is 13.0. The van der Waals surface area contributed by atoms with E-state index in [9.17, 15) is 26.3 Å². The lowest BCUT2D eigenvalue weighted by atomic mass is 10.0. The largest absolute Gasteiger partial charge is 0.405 e. The summed E-state index contributed by atoms with van der Waals surface area (Å²) in [6, 6.07) is -2.86. The van der Waals surface area contributed by atoms with E-state index >= 15 is 0 Å². The molecule has 1 saturated heterocycles. The summed E-state index contributed by atoms with van der Waals surface area (Å²) in [7, 11) is 0.